The molecular weight excluding hydrogens is 342 g/mol. The molecule has 0 unspecified atom stereocenters. The molecule has 0 spiro atoms. The summed E-state index contributed by atoms with van der Waals surface area (Å²) in [6, 6.07) is 5.17. The topological polar surface area (TPSA) is 54.9 Å². The van der Waals surface area contributed by atoms with E-state index in [1.165, 1.54) is 0 Å². The Hall–Kier alpha value is -1.46. The highest BCUT2D eigenvalue weighted by atomic mass is 79.9. The molecule has 20 heavy (non-hydrogen) atoms. The van der Waals surface area contributed by atoms with Crippen LogP contribution in [0.25, 0.3) is 0 Å². The van der Waals surface area contributed by atoms with Gasteiger partial charge in [-0.1, -0.05) is 18.5 Å². The summed E-state index contributed by atoms with van der Waals surface area (Å²) >= 11 is 9.25. The summed E-state index contributed by atoms with van der Waals surface area (Å²) in [5.74, 6) is 0.283. The van der Waals surface area contributed by atoms with Gasteiger partial charge in [0, 0.05) is 21.9 Å². The molecule has 0 radical (unpaired) electrons. The summed E-state index contributed by atoms with van der Waals surface area (Å²) in [4.78, 5) is 20.5. The van der Waals surface area contributed by atoms with E-state index in [1.807, 2.05) is 19.9 Å². The molecule has 0 atom stereocenters. The van der Waals surface area contributed by atoms with Crippen LogP contribution in [0.4, 0.5) is 5.82 Å². The highest BCUT2D eigenvalue weighted by Gasteiger charge is 2.11. The van der Waals surface area contributed by atoms with Crippen LogP contribution in [0.15, 0.2) is 28.9 Å². The van der Waals surface area contributed by atoms with Crippen molar-refractivity contribution in [3.05, 3.63) is 50.8 Å². The van der Waals surface area contributed by atoms with Crippen LogP contribution in [0.2, 0.25) is 5.15 Å². The van der Waals surface area contributed by atoms with Crippen molar-refractivity contribution >= 4 is 39.3 Å². The lowest BCUT2D eigenvalue weighted by Gasteiger charge is -2.08. The lowest BCUT2D eigenvalue weighted by Crippen LogP contribution is -2.14. The molecule has 2 aromatic heterocycles. The number of carbonyl (C=O) groups excluding carboxylic acids is 1. The van der Waals surface area contributed by atoms with Gasteiger partial charge in [-0.3, -0.25) is 4.79 Å². The minimum Gasteiger partial charge on any atom is -0.306 e. The Morgan fingerprint density at radius 3 is 2.80 bits per heavy atom. The monoisotopic (exact) mass is 353 g/mol. The number of rotatable bonds is 3. The summed E-state index contributed by atoms with van der Waals surface area (Å²) < 4.78 is 0.869. The standard InChI is InChI=1S/C14H13BrClN3O/c1-3-11-5-9(6-12(16)18-11)14(20)19-13-8(2)4-10(15)7-17-13/h4-7H,3H2,1-2H3,(H,17,19,20). The van der Waals surface area contributed by atoms with Gasteiger partial charge in [-0.25, -0.2) is 9.97 Å². The number of nitrogens with one attached hydrogen (secondary N) is 1. The lowest BCUT2D eigenvalue weighted by atomic mass is 10.2. The van der Waals surface area contributed by atoms with Gasteiger partial charge < -0.3 is 5.32 Å². The van der Waals surface area contributed by atoms with Crippen molar-refractivity contribution in [3.8, 4) is 0 Å². The third-order valence-corrected chi connectivity index (χ3v) is 3.38. The minimum absolute atomic E-state index is 0.248. The van der Waals surface area contributed by atoms with Crippen LogP contribution in [-0.4, -0.2) is 15.9 Å². The summed E-state index contributed by atoms with van der Waals surface area (Å²) in [6.45, 7) is 3.84. The van der Waals surface area contributed by atoms with Crippen molar-refractivity contribution in [2.75, 3.05) is 5.32 Å². The molecule has 104 valence electrons. The molecule has 2 heterocycles. The van der Waals surface area contributed by atoms with Crippen LogP contribution in [0, 0.1) is 6.92 Å². The molecule has 2 aromatic rings. The number of nitrogens with zero attached hydrogens (tertiary/aromatic N) is 2. The Morgan fingerprint density at radius 2 is 2.15 bits per heavy atom. The first-order valence-electron chi connectivity index (χ1n) is 6.09. The van der Waals surface area contributed by atoms with Crippen LogP contribution >= 0.6 is 27.5 Å². The first-order chi connectivity index (χ1) is 9.49. The average Bonchev–Trinajstić information content (AvgIpc) is 2.41. The van der Waals surface area contributed by atoms with E-state index in [2.05, 4.69) is 31.2 Å². The zero-order valence-electron chi connectivity index (χ0n) is 11.1. The fourth-order valence-electron chi connectivity index (χ4n) is 1.71. The molecule has 6 heteroatoms. The minimum atomic E-state index is -0.248. The Kier molecular flexibility index (Phi) is 4.73. The molecular formula is C14H13BrClN3O. The molecule has 0 saturated carbocycles. The van der Waals surface area contributed by atoms with E-state index in [-0.39, 0.29) is 5.91 Å². The number of aromatic nitrogens is 2. The van der Waals surface area contributed by atoms with Gasteiger partial charge in [0.2, 0.25) is 0 Å². The first kappa shape index (κ1) is 14.9. The molecule has 2 rings (SSSR count). The predicted molar refractivity (Wildman–Crippen MR) is 83.3 cm³/mol. The van der Waals surface area contributed by atoms with Crippen LogP contribution < -0.4 is 5.32 Å². The van der Waals surface area contributed by atoms with E-state index < -0.39 is 0 Å². The lowest BCUT2D eigenvalue weighted by molar-refractivity contribution is 0.102. The maximum Gasteiger partial charge on any atom is 0.256 e. The molecule has 0 bridgehead atoms. The van der Waals surface area contributed by atoms with Crippen molar-refractivity contribution in [2.45, 2.75) is 20.3 Å². The molecule has 0 fully saturated rings. The molecule has 0 aliphatic heterocycles. The van der Waals surface area contributed by atoms with E-state index >= 15 is 0 Å². The Bertz CT molecular complexity index is 661. The van der Waals surface area contributed by atoms with Gasteiger partial charge in [-0.05, 0) is 53.0 Å². The molecule has 4 nitrogen and oxygen atoms in total. The Balaban J connectivity index is 2.26. The second-order valence-electron chi connectivity index (χ2n) is 4.30. The highest BCUT2D eigenvalue weighted by Crippen LogP contribution is 2.18. The number of hydrogen-bond acceptors (Lipinski definition) is 3. The normalized spacial score (nSPS) is 10.4. The van der Waals surface area contributed by atoms with Crippen molar-refractivity contribution in [2.24, 2.45) is 0 Å². The van der Waals surface area contributed by atoms with Gasteiger partial charge in [-0.15, -0.1) is 0 Å². The van der Waals surface area contributed by atoms with E-state index in [1.54, 1.807) is 18.3 Å². The van der Waals surface area contributed by atoms with Crippen LogP contribution in [0.1, 0.15) is 28.5 Å². The number of pyridine rings is 2. The molecule has 0 aliphatic rings. The summed E-state index contributed by atoms with van der Waals surface area (Å²) in [7, 11) is 0. The van der Waals surface area contributed by atoms with Gasteiger partial charge >= 0.3 is 0 Å². The van der Waals surface area contributed by atoms with Gasteiger partial charge in [0.15, 0.2) is 0 Å². The molecule has 0 aromatic carbocycles. The van der Waals surface area contributed by atoms with Gasteiger partial charge in [0.25, 0.3) is 5.91 Å². The average molecular weight is 355 g/mol. The van der Waals surface area contributed by atoms with Crippen LogP contribution in [-0.2, 0) is 6.42 Å². The largest absolute Gasteiger partial charge is 0.306 e. The number of hydrogen-bond donors (Lipinski definition) is 1. The smallest absolute Gasteiger partial charge is 0.256 e. The van der Waals surface area contributed by atoms with Crippen LogP contribution in [0.3, 0.4) is 0 Å². The number of halogens is 2. The highest BCUT2D eigenvalue weighted by molar-refractivity contribution is 9.10. The second kappa shape index (κ2) is 6.33. The van der Waals surface area contributed by atoms with Crippen molar-refractivity contribution in [1.29, 1.82) is 0 Å². The number of carbonyl (C=O) groups is 1. The van der Waals surface area contributed by atoms with Crippen molar-refractivity contribution in [3.63, 3.8) is 0 Å². The SMILES string of the molecule is CCc1cc(C(=O)Nc2ncc(Br)cc2C)cc(Cl)n1. The second-order valence-corrected chi connectivity index (χ2v) is 5.60. The number of aryl methyl sites for hydroxylation is 2. The molecule has 1 amide bonds. The Labute approximate surface area is 130 Å². The van der Waals surface area contributed by atoms with Gasteiger partial charge in [0.1, 0.15) is 11.0 Å². The summed E-state index contributed by atoms with van der Waals surface area (Å²) in [5, 5.41) is 3.09. The molecule has 0 aliphatic carbocycles. The number of amides is 1. The molecule has 0 saturated heterocycles. The van der Waals surface area contributed by atoms with Gasteiger partial charge in [-0.2, -0.15) is 0 Å². The van der Waals surface area contributed by atoms with Crippen molar-refractivity contribution < 1.29 is 4.79 Å². The summed E-state index contributed by atoms with van der Waals surface area (Å²) in [6.07, 6.45) is 2.36. The summed E-state index contributed by atoms with van der Waals surface area (Å²) in [5.41, 5.74) is 2.14. The van der Waals surface area contributed by atoms with Gasteiger partial charge in [0.05, 0.1) is 0 Å². The third-order valence-electron chi connectivity index (χ3n) is 2.75. The first-order valence-corrected chi connectivity index (χ1v) is 7.26. The maximum atomic E-state index is 12.2. The van der Waals surface area contributed by atoms with E-state index in [0.717, 1.165) is 22.2 Å². The number of anilines is 1. The van der Waals surface area contributed by atoms with E-state index in [0.29, 0.717) is 16.5 Å². The molecule has 1 N–H and O–H groups in total. The van der Waals surface area contributed by atoms with Crippen LogP contribution in [0.5, 0.6) is 0 Å². The zero-order chi connectivity index (χ0) is 14.7. The quantitative estimate of drug-likeness (QED) is 0.847. The fourth-order valence-corrected chi connectivity index (χ4v) is 2.39. The maximum absolute atomic E-state index is 12.2. The fraction of sp³-hybridized carbons (Fsp3) is 0.214. The predicted octanol–water partition coefficient (Wildman–Crippen LogP) is 4.02. The van der Waals surface area contributed by atoms with E-state index in [9.17, 15) is 4.79 Å². The zero-order valence-corrected chi connectivity index (χ0v) is 13.4. The van der Waals surface area contributed by atoms with E-state index in [4.69, 9.17) is 11.6 Å². The van der Waals surface area contributed by atoms with Crippen molar-refractivity contribution in [1.82, 2.24) is 9.97 Å². The Morgan fingerprint density at radius 1 is 1.40 bits per heavy atom. The third kappa shape index (κ3) is 3.55.